The van der Waals surface area contributed by atoms with E-state index in [0.717, 1.165) is 11.4 Å². The number of hydrogen-bond acceptors (Lipinski definition) is 4. The van der Waals surface area contributed by atoms with Gasteiger partial charge in [-0.25, -0.2) is 4.79 Å². The molecule has 1 fully saturated rings. The van der Waals surface area contributed by atoms with Gasteiger partial charge in [-0.05, 0) is 25.1 Å². The molecule has 1 aliphatic heterocycles. The first-order chi connectivity index (χ1) is 9.74. The van der Waals surface area contributed by atoms with Crippen molar-refractivity contribution in [1.82, 2.24) is 10.3 Å². The molecule has 20 heavy (non-hydrogen) atoms. The molecule has 1 aromatic heterocycles. The molecular formula is C14H16N4OS. The standard InChI is InChI=1S/C14H16N4OS/c1-10(13-8-15-9-20-13)17-11-3-2-4-12(7-11)18-6-5-16-14(18)19/h2-4,7-10,17H,5-6H2,1H3,(H,16,19). The number of urea groups is 1. The Bertz CT molecular complexity index is 599. The lowest BCUT2D eigenvalue weighted by molar-refractivity contribution is 0.252. The number of nitrogens with zero attached hydrogens (tertiary/aromatic N) is 2. The lowest BCUT2D eigenvalue weighted by Crippen LogP contribution is -2.27. The van der Waals surface area contributed by atoms with Crippen LogP contribution in [0.3, 0.4) is 0 Å². The molecule has 2 heterocycles. The summed E-state index contributed by atoms with van der Waals surface area (Å²) in [4.78, 5) is 18.7. The molecule has 0 saturated carbocycles. The highest BCUT2D eigenvalue weighted by Gasteiger charge is 2.21. The Morgan fingerprint density at radius 2 is 2.40 bits per heavy atom. The Morgan fingerprint density at radius 3 is 3.10 bits per heavy atom. The van der Waals surface area contributed by atoms with Crippen molar-refractivity contribution in [3.63, 3.8) is 0 Å². The number of carbonyl (C=O) groups is 1. The molecule has 104 valence electrons. The number of aromatic nitrogens is 1. The summed E-state index contributed by atoms with van der Waals surface area (Å²) in [7, 11) is 0. The second-order valence-electron chi connectivity index (χ2n) is 4.70. The van der Waals surface area contributed by atoms with Crippen LogP contribution in [-0.2, 0) is 0 Å². The number of carbonyl (C=O) groups excluding carboxylic acids is 1. The van der Waals surface area contributed by atoms with Crippen LogP contribution in [0, 0.1) is 0 Å². The topological polar surface area (TPSA) is 57.3 Å². The number of nitrogens with one attached hydrogen (secondary N) is 2. The highest BCUT2D eigenvalue weighted by atomic mass is 32.1. The summed E-state index contributed by atoms with van der Waals surface area (Å²) < 4.78 is 0. The van der Waals surface area contributed by atoms with Gasteiger partial charge in [-0.3, -0.25) is 9.88 Å². The van der Waals surface area contributed by atoms with Gasteiger partial charge in [0.15, 0.2) is 0 Å². The summed E-state index contributed by atoms with van der Waals surface area (Å²) in [5.41, 5.74) is 3.75. The highest BCUT2D eigenvalue weighted by Crippen LogP contribution is 2.25. The van der Waals surface area contributed by atoms with Crippen LogP contribution in [0.4, 0.5) is 16.2 Å². The van der Waals surface area contributed by atoms with Gasteiger partial charge in [0.05, 0.1) is 11.6 Å². The van der Waals surface area contributed by atoms with Gasteiger partial charge < -0.3 is 10.6 Å². The van der Waals surface area contributed by atoms with E-state index in [9.17, 15) is 4.79 Å². The maximum atomic E-state index is 11.7. The van der Waals surface area contributed by atoms with Crippen LogP contribution in [0.25, 0.3) is 0 Å². The molecular weight excluding hydrogens is 272 g/mol. The van der Waals surface area contributed by atoms with Gasteiger partial charge >= 0.3 is 6.03 Å². The van der Waals surface area contributed by atoms with Crippen molar-refractivity contribution in [3.05, 3.63) is 40.8 Å². The number of hydrogen-bond donors (Lipinski definition) is 2. The molecule has 0 spiro atoms. The van der Waals surface area contributed by atoms with Gasteiger partial charge in [0, 0.05) is 35.5 Å². The number of anilines is 2. The van der Waals surface area contributed by atoms with Gasteiger partial charge in [0.25, 0.3) is 0 Å². The predicted octanol–water partition coefficient (Wildman–Crippen LogP) is 2.85. The first kappa shape index (κ1) is 12.9. The first-order valence-electron chi connectivity index (χ1n) is 6.54. The molecule has 0 radical (unpaired) electrons. The van der Waals surface area contributed by atoms with E-state index >= 15 is 0 Å². The van der Waals surface area contributed by atoms with E-state index in [1.54, 1.807) is 16.2 Å². The number of thiazole rings is 1. The Kier molecular flexibility index (Phi) is 3.56. The number of rotatable bonds is 4. The number of amides is 2. The predicted molar refractivity (Wildman–Crippen MR) is 81.3 cm³/mol. The SMILES string of the molecule is CC(Nc1cccc(N2CCNC2=O)c1)c1cncs1. The molecule has 0 aliphatic carbocycles. The van der Waals surface area contributed by atoms with E-state index in [-0.39, 0.29) is 12.1 Å². The summed E-state index contributed by atoms with van der Waals surface area (Å²) in [6.07, 6.45) is 1.88. The highest BCUT2D eigenvalue weighted by molar-refractivity contribution is 7.09. The average molecular weight is 288 g/mol. The van der Waals surface area contributed by atoms with E-state index in [1.807, 2.05) is 36.0 Å². The molecule has 2 aromatic rings. The second-order valence-corrected chi connectivity index (χ2v) is 5.62. The Morgan fingerprint density at radius 1 is 1.50 bits per heavy atom. The van der Waals surface area contributed by atoms with Crippen LogP contribution < -0.4 is 15.5 Å². The van der Waals surface area contributed by atoms with Gasteiger partial charge in [0.2, 0.25) is 0 Å². The monoisotopic (exact) mass is 288 g/mol. The molecule has 1 unspecified atom stereocenters. The molecule has 2 N–H and O–H groups in total. The van der Waals surface area contributed by atoms with Crippen molar-refractivity contribution in [2.45, 2.75) is 13.0 Å². The summed E-state index contributed by atoms with van der Waals surface area (Å²) in [5, 5.41) is 6.25. The van der Waals surface area contributed by atoms with E-state index in [0.29, 0.717) is 13.1 Å². The molecule has 5 nitrogen and oxygen atoms in total. The van der Waals surface area contributed by atoms with Gasteiger partial charge in [-0.2, -0.15) is 0 Å². The molecule has 1 aromatic carbocycles. The van der Waals surface area contributed by atoms with Crippen molar-refractivity contribution in [1.29, 1.82) is 0 Å². The quantitative estimate of drug-likeness (QED) is 0.909. The molecule has 1 aliphatic rings. The van der Waals surface area contributed by atoms with Gasteiger partial charge in [-0.1, -0.05) is 6.07 Å². The largest absolute Gasteiger partial charge is 0.378 e. The third kappa shape index (κ3) is 2.60. The molecule has 1 saturated heterocycles. The van der Waals surface area contributed by atoms with Gasteiger partial charge in [-0.15, -0.1) is 11.3 Å². The molecule has 3 rings (SSSR count). The third-order valence-electron chi connectivity index (χ3n) is 3.28. The summed E-state index contributed by atoms with van der Waals surface area (Å²) >= 11 is 1.63. The zero-order valence-electron chi connectivity index (χ0n) is 11.2. The fourth-order valence-corrected chi connectivity index (χ4v) is 2.87. The van der Waals surface area contributed by atoms with Crippen molar-refractivity contribution < 1.29 is 4.79 Å². The number of benzene rings is 1. The summed E-state index contributed by atoms with van der Waals surface area (Å²) in [6.45, 7) is 3.52. The smallest absolute Gasteiger partial charge is 0.321 e. The van der Waals surface area contributed by atoms with Crippen LogP contribution >= 0.6 is 11.3 Å². The lowest BCUT2D eigenvalue weighted by Gasteiger charge is -2.18. The van der Waals surface area contributed by atoms with Crippen LogP contribution in [0.2, 0.25) is 0 Å². The van der Waals surface area contributed by atoms with Gasteiger partial charge in [0.1, 0.15) is 0 Å². The fourth-order valence-electron chi connectivity index (χ4n) is 2.24. The normalized spacial score (nSPS) is 16.1. The Balaban J connectivity index is 1.76. The molecule has 1 atom stereocenters. The van der Waals surface area contributed by atoms with E-state index < -0.39 is 0 Å². The summed E-state index contributed by atoms with van der Waals surface area (Å²) in [5.74, 6) is 0. The van der Waals surface area contributed by atoms with E-state index in [1.165, 1.54) is 4.88 Å². The first-order valence-corrected chi connectivity index (χ1v) is 7.42. The van der Waals surface area contributed by atoms with Crippen molar-refractivity contribution in [3.8, 4) is 0 Å². The minimum Gasteiger partial charge on any atom is -0.378 e. The minimum absolute atomic E-state index is 0.0299. The minimum atomic E-state index is -0.0299. The Hall–Kier alpha value is -2.08. The van der Waals surface area contributed by atoms with Crippen LogP contribution in [0.1, 0.15) is 17.8 Å². The Labute approximate surface area is 121 Å². The molecule has 0 bridgehead atoms. The summed E-state index contributed by atoms with van der Waals surface area (Å²) in [6, 6.07) is 8.09. The lowest BCUT2D eigenvalue weighted by atomic mass is 10.2. The van der Waals surface area contributed by atoms with E-state index in [2.05, 4.69) is 22.5 Å². The van der Waals surface area contributed by atoms with Crippen molar-refractivity contribution in [2.24, 2.45) is 0 Å². The van der Waals surface area contributed by atoms with Crippen LogP contribution in [0.5, 0.6) is 0 Å². The van der Waals surface area contributed by atoms with Crippen LogP contribution in [0.15, 0.2) is 36.0 Å². The zero-order valence-corrected chi connectivity index (χ0v) is 12.0. The second kappa shape index (κ2) is 5.50. The molecule has 2 amide bonds. The zero-order chi connectivity index (χ0) is 13.9. The third-order valence-corrected chi connectivity index (χ3v) is 4.23. The maximum Gasteiger partial charge on any atom is 0.321 e. The van der Waals surface area contributed by atoms with Crippen LogP contribution in [-0.4, -0.2) is 24.1 Å². The average Bonchev–Trinajstić information content (AvgIpc) is 3.10. The van der Waals surface area contributed by atoms with Crippen molar-refractivity contribution in [2.75, 3.05) is 23.3 Å². The fraction of sp³-hybridized carbons (Fsp3) is 0.286. The molecule has 6 heteroatoms. The maximum absolute atomic E-state index is 11.7. The van der Waals surface area contributed by atoms with Crippen molar-refractivity contribution >= 4 is 28.7 Å². The van der Waals surface area contributed by atoms with E-state index in [4.69, 9.17) is 0 Å².